The van der Waals surface area contributed by atoms with Gasteiger partial charge in [0.1, 0.15) is 39.6 Å². The van der Waals surface area contributed by atoms with Crippen molar-refractivity contribution in [3.8, 4) is 22.4 Å². The molecule has 3 rings (SSSR count). The molecule has 9 heteroatoms. The summed E-state index contributed by atoms with van der Waals surface area (Å²) >= 11 is 0. The monoisotopic (exact) mass is 385 g/mol. The average molecular weight is 385 g/mol. The topological polar surface area (TPSA) is 60.2 Å². The van der Waals surface area contributed by atoms with Gasteiger partial charge in [0.25, 0.3) is 0 Å². The molecule has 0 aliphatic rings. The minimum atomic E-state index is -3.99. The first-order valence-corrected chi connectivity index (χ1v) is 9.10. The van der Waals surface area contributed by atoms with Crippen LogP contribution in [-0.4, -0.2) is 19.8 Å². The van der Waals surface area contributed by atoms with Crippen molar-refractivity contribution in [1.82, 2.24) is 5.16 Å². The van der Waals surface area contributed by atoms with E-state index in [2.05, 4.69) is 5.16 Å². The summed E-state index contributed by atoms with van der Waals surface area (Å²) < 4.78 is 84.2. The summed E-state index contributed by atoms with van der Waals surface area (Å²) in [4.78, 5) is -0.814. The van der Waals surface area contributed by atoms with Crippen molar-refractivity contribution in [2.75, 3.05) is 6.26 Å². The summed E-state index contributed by atoms with van der Waals surface area (Å²) in [5.74, 6) is -3.83. The van der Waals surface area contributed by atoms with E-state index in [0.717, 1.165) is 24.5 Å². The molecule has 2 aromatic carbocycles. The Morgan fingerprint density at radius 3 is 2.27 bits per heavy atom. The first-order chi connectivity index (χ1) is 12.1. The SMILES string of the molecule is Cc1onc(-c2cc(F)ccc2F)c1-c1cc(F)c(S(C)(=O)=O)cc1F. The molecule has 1 heterocycles. The molecule has 0 saturated heterocycles. The maximum Gasteiger partial charge on any atom is 0.178 e. The third kappa shape index (κ3) is 3.10. The Hall–Kier alpha value is -2.68. The summed E-state index contributed by atoms with van der Waals surface area (Å²) in [6.45, 7) is 1.38. The van der Waals surface area contributed by atoms with Crippen molar-refractivity contribution in [3.05, 3.63) is 59.4 Å². The van der Waals surface area contributed by atoms with Gasteiger partial charge in [-0.3, -0.25) is 0 Å². The highest BCUT2D eigenvalue weighted by molar-refractivity contribution is 7.90. The predicted octanol–water partition coefficient (Wildman–Crippen LogP) is 4.28. The largest absolute Gasteiger partial charge is 0.360 e. The van der Waals surface area contributed by atoms with Gasteiger partial charge >= 0.3 is 0 Å². The first kappa shape index (κ1) is 18.1. The molecule has 3 aromatic rings. The summed E-state index contributed by atoms with van der Waals surface area (Å²) in [6, 6.07) is 3.79. The molecule has 0 unspecified atom stereocenters. The number of nitrogens with zero attached hydrogens (tertiary/aromatic N) is 1. The van der Waals surface area contributed by atoms with Crippen LogP contribution in [0, 0.1) is 30.2 Å². The standard InChI is InChI=1S/C17H11F4NO3S/c1-8-16(10-6-14(21)15(7-13(10)20)26(2,23)24)17(22-25-8)11-5-9(18)3-4-12(11)19/h3-7H,1-2H3. The van der Waals surface area contributed by atoms with Crippen LogP contribution in [0.5, 0.6) is 0 Å². The van der Waals surface area contributed by atoms with Crippen molar-refractivity contribution in [3.63, 3.8) is 0 Å². The van der Waals surface area contributed by atoms with E-state index in [1.54, 1.807) is 0 Å². The highest BCUT2D eigenvalue weighted by Crippen LogP contribution is 2.38. The lowest BCUT2D eigenvalue weighted by atomic mass is 9.98. The number of sulfone groups is 1. The molecule has 0 bridgehead atoms. The molecule has 0 atom stereocenters. The zero-order valence-corrected chi connectivity index (χ0v) is 14.3. The van der Waals surface area contributed by atoms with E-state index in [1.807, 2.05) is 0 Å². The number of aromatic nitrogens is 1. The van der Waals surface area contributed by atoms with Crippen LogP contribution in [0.25, 0.3) is 22.4 Å². The molecule has 1 aromatic heterocycles. The number of hydrogen-bond acceptors (Lipinski definition) is 4. The van der Waals surface area contributed by atoms with Crippen LogP contribution in [0.1, 0.15) is 5.76 Å². The van der Waals surface area contributed by atoms with Crippen molar-refractivity contribution in [2.24, 2.45) is 0 Å². The van der Waals surface area contributed by atoms with Crippen LogP contribution in [-0.2, 0) is 9.84 Å². The molecule has 136 valence electrons. The van der Waals surface area contributed by atoms with E-state index in [9.17, 15) is 26.0 Å². The zero-order valence-electron chi connectivity index (χ0n) is 13.5. The van der Waals surface area contributed by atoms with Gasteiger partial charge in [0.05, 0.1) is 5.56 Å². The maximum absolute atomic E-state index is 14.5. The Bertz CT molecular complexity index is 1120. The van der Waals surface area contributed by atoms with E-state index >= 15 is 0 Å². The lowest BCUT2D eigenvalue weighted by Crippen LogP contribution is -2.03. The third-order valence-corrected chi connectivity index (χ3v) is 4.85. The van der Waals surface area contributed by atoms with Crippen LogP contribution < -0.4 is 0 Å². The summed E-state index contributed by atoms with van der Waals surface area (Å²) in [5, 5.41) is 3.62. The molecule has 0 spiro atoms. The molecule has 0 N–H and O–H groups in total. The van der Waals surface area contributed by atoms with Gasteiger partial charge in [-0.1, -0.05) is 5.16 Å². The first-order valence-electron chi connectivity index (χ1n) is 7.20. The summed E-state index contributed by atoms with van der Waals surface area (Å²) in [7, 11) is -3.99. The van der Waals surface area contributed by atoms with Gasteiger partial charge in [0, 0.05) is 17.4 Å². The van der Waals surface area contributed by atoms with E-state index in [-0.39, 0.29) is 28.1 Å². The number of halogens is 4. The van der Waals surface area contributed by atoms with Crippen LogP contribution in [0.4, 0.5) is 17.6 Å². The fraction of sp³-hybridized carbons (Fsp3) is 0.118. The smallest absolute Gasteiger partial charge is 0.178 e. The second-order valence-corrected chi connectivity index (χ2v) is 7.61. The van der Waals surface area contributed by atoms with Gasteiger partial charge < -0.3 is 4.52 Å². The molecule has 4 nitrogen and oxygen atoms in total. The van der Waals surface area contributed by atoms with E-state index in [1.165, 1.54) is 6.92 Å². The Morgan fingerprint density at radius 1 is 0.923 bits per heavy atom. The minimum absolute atomic E-state index is 0.0223. The number of rotatable bonds is 3. The average Bonchev–Trinajstić information content (AvgIpc) is 2.92. The lowest BCUT2D eigenvalue weighted by molar-refractivity contribution is 0.399. The molecule has 26 heavy (non-hydrogen) atoms. The molecule has 0 fully saturated rings. The lowest BCUT2D eigenvalue weighted by Gasteiger charge is -2.08. The van der Waals surface area contributed by atoms with Crippen LogP contribution in [0.15, 0.2) is 39.8 Å². The fourth-order valence-corrected chi connectivity index (χ4v) is 3.29. The third-order valence-electron chi connectivity index (χ3n) is 3.74. The van der Waals surface area contributed by atoms with Crippen molar-refractivity contribution >= 4 is 9.84 Å². The van der Waals surface area contributed by atoms with Crippen molar-refractivity contribution in [1.29, 1.82) is 0 Å². The Kier molecular flexibility index (Phi) is 4.35. The van der Waals surface area contributed by atoms with Crippen LogP contribution in [0.2, 0.25) is 0 Å². The molecule has 0 radical (unpaired) electrons. The Balaban J connectivity index is 2.29. The van der Waals surface area contributed by atoms with Gasteiger partial charge in [-0.05, 0) is 37.3 Å². The second kappa shape index (κ2) is 6.24. The Labute approximate surface area is 146 Å². The van der Waals surface area contributed by atoms with Gasteiger partial charge in [-0.15, -0.1) is 0 Å². The highest BCUT2D eigenvalue weighted by Gasteiger charge is 2.25. The van der Waals surface area contributed by atoms with Crippen LogP contribution >= 0.6 is 0 Å². The zero-order chi connectivity index (χ0) is 19.2. The highest BCUT2D eigenvalue weighted by atomic mass is 32.2. The van der Waals surface area contributed by atoms with Gasteiger partial charge in [-0.2, -0.15) is 0 Å². The maximum atomic E-state index is 14.5. The number of aryl methyl sites for hydroxylation is 1. The molecular weight excluding hydrogens is 374 g/mol. The molecule has 0 amide bonds. The summed E-state index contributed by atoms with van der Waals surface area (Å²) in [5.41, 5.74) is -1.02. The minimum Gasteiger partial charge on any atom is -0.360 e. The van der Waals surface area contributed by atoms with E-state index in [0.29, 0.717) is 12.1 Å². The normalized spacial score (nSPS) is 11.8. The predicted molar refractivity (Wildman–Crippen MR) is 85.1 cm³/mol. The quantitative estimate of drug-likeness (QED) is 0.632. The molecule has 0 aliphatic carbocycles. The number of benzene rings is 2. The number of hydrogen-bond donors (Lipinski definition) is 0. The Morgan fingerprint density at radius 2 is 1.62 bits per heavy atom. The fourth-order valence-electron chi connectivity index (χ4n) is 2.56. The second-order valence-electron chi connectivity index (χ2n) is 5.62. The van der Waals surface area contributed by atoms with Gasteiger partial charge in [0.2, 0.25) is 0 Å². The summed E-state index contributed by atoms with van der Waals surface area (Å²) in [6.07, 6.45) is 0.739. The molecular formula is C17H11F4NO3S. The van der Waals surface area contributed by atoms with Gasteiger partial charge in [-0.25, -0.2) is 26.0 Å². The molecule has 0 aliphatic heterocycles. The van der Waals surface area contributed by atoms with Crippen molar-refractivity contribution < 1.29 is 30.5 Å². The van der Waals surface area contributed by atoms with E-state index in [4.69, 9.17) is 4.52 Å². The van der Waals surface area contributed by atoms with Crippen LogP contribution in [0.3, 0.4) is 0 Å². The molecule has 0 saturated carbocycles. The van der Waals surface area contributed by atoms with Crippen molar-refractivity contribution in [2.45, 2.75) is 11.8 Å². The van der Waals surface area contributed by atoms with E-state index < -0.39 is 38.0 Å². The van der Waals surface area contributed by atoms with Gasteiger partial charge in [0.15, 0.2) is 9.84 Å².